The Balaban J connectivity index is 2.65. The summed E-state index contributed by atoms with van der Waals surface area (Å²) < 4.78 is 0. The normalized spacial score (nSPS) is 13.6. The second-order valence-corrected chi connectivity index (χ2v) is 6.34. The maximum atomic E-state index is 5.74. The van der Waals surface area contributed by atoms with Crippen molar-refractivity contribution in [3.05, 3.63) is 34.9 Å². The fourth-order valence-corrected chi connectivity index (χ4v) is 2.65. The first-order valence-electron chi connectivity index (χ1n) is 7.39. The van der Waals surface area contributed by atoms with Crippen molar-refractivity contribution >= 4 is 0 Å². The molecular weight excluding hydrogens is 232 g/mol. The lowest BCUT2D eigenvalue weighted by molar-refractivity contribution is 0.414. The molecule has 1 aromatic rings. The highest BCUT2D eigenvalue weighted by Crippen LogP contribution is 2.26. The van der Waals surface area contributed by atoms with E-state index in [4.69, 9.17) is 5.73 Å². The third-order valence-electron chi connectivity index (χ3n) is 4.02. The summed E-state index contributed by atoms with van der Waals surface area (Å²) in [6.07, 6.45) is 1.15. The molecule has 0 heterocycles. The minimum Gasteiger partial charge on any atom is -0.330 e. The molecule has 0 fully saturated rings. The molecule has 1 aromatic carbocycles. The van der Waals surface area contributed by atoms with Gasteiger partial charge in [0.1, 0.15) is 0 Å². The molecule has 0 bridgehead atoms. The van der Waals surface area contributed by atoms with Crippen molar-refractivity contribution in [1.82, 2.24) is 5.32 Å². The topological polar surface area (TPSA) is 38.0 Å². The van der Waals surface area contributed by atoms with Crippen molar-refractivity contribution < 1.29 is 0 Å². The standard InChI is InChI=1S/C17H30N2/c1-6-15(10-18)11-19-12-17(4,5)16-8-7-13(2)9-14(16)3/h7-9,15,19H,6,10-12,18H2,1-5H3. The monoisotopic (exact) mass is 262 g/mol. The van der Waals surface area contributed by atoms with E-state index in [9.17, 15) is 0 Å². The molecule has 0 radical (unpaired) electrons. The molecule has 0 aliphatic heterocycles. The molecule has 0 saturated carbocycles. The fraction of sp³-hybridized carbons (Fsp3) is 0.647. The van der Waals surface area contributed by atoms with Crippen LogP contribution in [0, 0.1) is 19.8 Å². The number of hydrogen-bond donors (Lipinski definition) is 2. The minimum absolute atomic E-state index is 0.157. The Kier molecular flexibility index (Phi) is 6.02. The van der Waals surface area contributed by atoms with Crippen molar-refractivity contribution in [2.45, 2.75) is 46.5 Å². The molecule has 1 rings (SSSR count). The van der Waals surface area contributed by atoms with Crippen molar-refractivity contribution in [1.29, 1.82) is 0 Å². The first-order chi connectivity index (χ1) is 8.90. The molecule has 0 saturated heterocycles. The molecule has 2 heteroatoms. The van der Waals surface area contributed by atoms with Gasteiger partial charge < -0.3 is 11.1 Å². The Morgan fingerprint density at radius 3 is 2.47 bits per heavy atom. The molecule has 19 heavy (non-hydrogen) atoms. The van der Waals surface area contributed by atoms with Gasteiger partial charge in [-0.15, -0.1) is 0 Å². The van der Waals surface area contributed by atoms with E-state index < -0.39 is 0 Å². The number of hydrogen-bond acceptors (Lipinski definition) is 2. The van der Waals surface area contributed by atoms with E-state index in [0.29, 0.717) is 5.92 Å². The van der Waals surface area contributed by atoms with Gasteiger partial charge >= 0.3 is 0 Å². The van der Waals surface area contributed by atoms with Crippen LogP contribution in [0.4, 0.5) is 0 Å². The van der Waals surface area contributed by atoms with Crippen LogP contribution in [-0.4, -0.2) is 19.6 Å². The summed E-state index contributed by atoms with van der Waals surface area (Å²) in [7, 11) is 0. The van der Waals surface area contributed by atoms with E-state index in [2.05, 4.69) is 58.1 Å². The molecule has 0 aromatic heterocycles. The van der Waals surface area contributed by atoms with Gasteiger partial charge in [0.25, 0.3) is 0 Å². The molecular formula is C17H30N2. The summed E-state index contributed by atoms with van der Waals surface area (Å²) in [5, 5.41) is 3.59. The largest absolute Gasteiger partial charge is 0.330 e. The smallest absolute Gasteiger partial charge is 0.00434 e. The van der Waals surface area contributed by atoms with Crippen LogP contribution in [0.1, 0.15) is 43.9 Å². The summed E-state index contributed by atoms with van der Waals surface area (Å²) in [6, 6.07) is 6.75. The first-order valence-corrected chi connectivity index (χ1v) is 7.39. The van der Waals surface area contributed by atoms with Crippen LogP contribution < -0.4 is 11.1 Å². The zero-order chi connectivity index (χ0) is 14.5. The summed E-state index contributed by atoms with van der Waals surface area (Å²) in [4.78, 5) is 0. The predicted molar refractivity (Wildman–Crippen MR) is 84.6 cm³/mol. The molecule has 1 atom stereocenters. The summed E-state index contributed by atoms with van der Waals surface area (Å²) >= 11 is 0. The number of benzene rings is 1. The average Bonchev–Trinajstić information content (AvgIpc) is 2.34. The van der Waals surface area contributed by atoms with Gasteiger partial charge in [-0.3, -0.25) is 0 Å². The van der Waals surface area contributed by atoms with E-state index in [0.717, 1.165) is 26.1 Å². The third-order valence-corrected chi connectivity index (χ3v) is 4.02. The lowest BCUT2D eigenvalue weighted by Crippen LogP contribution is -2.37. The summed E-state index contributed by atoms with van der Waals surface area (Å²) in [5.41, 5.74) is 10.1. The van der Waals surface area contributed by atoms with Gasteiger partial charge in [-0.05, 0) is 44.0 Å². The van der Waals surface area contributed by atoms with Crippen LogP contribution >= 0.6 is 0 Å². The Morgan fingerprint density at radius 1 is 1.26 bits per heavy atom. The molecule has 1 unspecified atom stereocenters. The minimum atomic E-state index is 0.157. The van der Waals surface area contributed by atoms with E-state index in [-0.39, 0.29) is 5.41 Å². The van der Waals surface area contributed by atoms with Crippen LogP contribution in [-0.2, 0) is 5.41 Å². The molecule has 2 nitrogen and oxygen atoms in total. The molecule has 108 valence electrons. The molecule has 0 amide bonds. The highest BCUT2D eigenvalue weighted by atomic mass is 14.9. The Morgan fingerprint density at radius 2 is 1.95 bits per heavy atom. The lowest BCUT2D eigenvalue weighted by Gasteiger charge is -2.28. The fourth-order valence-electron chi connectivity index (χ4n) is 2.65. The van der Waals surface area contributed by atoms with Crippen LogP contribution in [0.2, 0.25) is 0 Å². The van der Waals surface area contributed by atoms with Gasteiger partial charge in [-0.2, -0.15) is 0 Å². The maximum Gasteiger partial charge on any atom is 0.00434 e. The number of aryl methyl sites for hydroxylation is 2. The van der Waals surface area contributed by atoms with Crippen LogP contribution in [0.15, 0.2) is 18.2 Å². The average molecular weight is 262 g/mol. The second-order valence-electron chi connectivity index (χ2n) is 6.34. The van der Waals surface area contributed by atoms with Crippen molar-refractivity contribution in [2.75, 3.05) is 19.6 Å². The summed E-state index contributed by atoms with van der Waals surface area (Å²) in [5.74, 6) is 0.593. The van der Waals surface area contributed by atoms with Crippen LogP contribution in [0.25, 0.3) is 0 Å². The highest BCUT2D eigenvalue weighted by molar-refractivity contribution is 5.35. The third kappa shape index (κ3) is 4.63. The Bertz CT molecular complexity index is 392. The molecule has 0 spiro atoms. The van der Waals surface area contributed by atoms with Crippen LogP contribution in [0.3, 0.4) is 0 Å². The first kappa shape index (κ1) is 16.2. The lowest BCUT2D eigenvalue weighted by atomic mass is 9.81. The zero-order valence-electron chi connectivity index (χ0n) is 13.2. The number of nitrogens with two attached hydrogens (primary N) is 1. The number of nitrogens with one attached hydrogen (secondary N) is 1. The van der Waals surface area contributed by atoms with Gasteiger partial charge in [0, 0.05) is 12.0 Å². The highest BCUT2D eigenvalue weighted by Gasteiger charge is 2.22. The van der Waals surface area contributed by atoms with Crippen molar-refractivity contribution in [3.63, 3.8) is 0 Å². The SMILES string of the molecule is CCC(CN)CNCC(C)(C)c1ccc(C)cc1C. The van der Waals surface area contributed by atoms with E-state index >= 15 is 0 Å². The second kappa shape index (κ2) is 7.06. The van der Waals surface area contributed by atoms with Gasteiger partial charge in [-0.1, -0.05) is 51.0 Å². The quantitative estimate of drug-likeness (QED) is 0.792. The Hall–Kier alpha value is -0.860. The van der Waals surface area contributed by atoms with E-state index in [1.807, 2.05) is 0 Å². The van der Waals surface area contributed by atoms with E-state index in [1.54, 1.807) is 0 Å². The zero-order valence-corrected chi connectivity index (χ0v) is 13.2. The number of rotatable bonds is 7. The van der Waals surface area contributed by atoms with Crippen LogP contribution in [0.5, 0.6) is 0 Å². The van der Waals surface area contributed by atoms with Crippen molar-refractivity contribution in [2.24, 2.45) is 11.7 Å². The summed E-state index contributed by atoms with van der Waals surface area (Å²) in [6.45, 7) is 14.0. The van der Waals surface area contributed by atoms with Gasteiger partial charge in [0.05, 0.1) is 0 Å². The Labute approximate surface area is 118 Å². The van der Waals surface area contributed by atoms with E-state index in [1.165, 1.54) is 16.7 Å². The van der Waals surface area contributed by atoms with Crippen molar-refractivity contribution in [3.8, 4) is 0 Å². The molecule has 3 N–H and O–H groups in total. The van der Waals surface area contributed by atoms with Gasteiger partial charge in [-0.25, -0.2) is 0 Å². The molecule has 0 aliphatic rings. The van der Waals surface area contributed by atoms with Gasteiger partial charge in [0.2, 0.25) is 0 Å². The predicted octanol–water partition coefficient (Wildman–Crippen LogP) is 3.16. The molecule has 0 aliphatic carbocycles. The maximum absolute atomic E-state index is 5.74. The van der Waals surface area contributed by atoms with Gasteiger partial charge in [0.15, 0.2) is 0 Å².